The normalized spacial score (nSPS) is 23.0. The molecule has 0 saturated carbocycles. The second-order valence-electron chi connectivity index (χ2n) is 7.15. The van der Waals surface area contributed by atoms with E-state index in [4.69, 9.17) is 0 Å². The average molecular weight is 372 g/mol. The Hall–Kier alpha value is -1.90. The Morgan fingerprint density at radius 2 is 1.81 bits per heavy atom. The van der Waals surface area contributed by atoms with Crippen molar-refractivity contribution in [3.8, 4) is 0 Å². The minimum Gasteiger partial charge on any atom is -0.332 e. The highest BCUT2D eigenvalue weighted by Gasteiger charge is 2.42. The minimum atomic E-state index is -4.36. The second-order valence-corrected chi connectivity index (χ2v) is 7.15. The van der Waals surface area contributed by atoms with E-state index in [0.717, 1.165) is 23.4 Å². The predicted octanol–water partition coefficient (Wildman–Crippen LogP) is 1.43. The van der Waals surface area contributed by atoms with Crippen molar-refractivity contribution in [3.05, 3.63) is 28.2 Å². The van der Waals surface area contributed by atoms with E-state index in [1.807, 2.05) is 11.8 Å². The molecule has 1 aromatic rings. The summed E-state index contributed by atoms with van der Waals surface area (Å²) in [5.41, 5.74) is 0.648. The summed E-state index contributed by atoms with van der Waals surface area (Å²) in [6.07, 6.45) is -2.32. The molecule has 2 saturated heterocycles. The van der Waals surface area contributed by atoms with Gasteiger partial charge in [-0.3, -0.25) is 14.5 Å². The summed E-state index contributed by atoms with van der Waals surface area (Å²) >= 11 is 0. The predicted molar refractivity (Wildman–Crippen MR) is 88.6 cm³/mol. The van der Waals surface area contributed by atoms with Crippen LogP contribution in [0, 0.1) is 12.8 Å². The van der Waals surface area contributed by atoms with Gasteiger partial charge in [-0.15, -0.1) is 0 Å². The van der Waals surface area contributed by atoms with Gasteiger partial charge in [0.1, 0.15) is 6.54 Å². The van der Waals surface area contributed by atoms with Gasteiger partial charge in [0.15, 0.2) is 0 Å². The standard InChI is InChI=1S/C17H23F3N4O2/c1-12-2-3-15(25)24(21-12)10-13-4-7-22(8-5-13)14-6-9-23(16(14)26)11-17(18,19)20/h2-3,13-14H,4-11H2,1H3. The topological polar surface area (TPSA) is 58.4 Å². The molecule has 26 heavy (non-hydrogen) atoms. The lowest BCUT2D eigenvalue weighted by Crippen LogP contribution is -2.47. The summed E-state index contributed by atoms with van der Waals surface area (Å²) in [4.78, 5) is 27.0. The van der Waals surface area contributed by atoms with Crippen molar-refractivity contribution in [2.75, 3.05) is 26.2 Å². The zero-order valence-electron chi connectivity index (χ0n) is 14.7. The lowest BCUT2D eigenvalue weighted by molar-refractivity contribution is -0.159. The number of halogens is 3. The van der Waals surface area contributed by atoms with Crippen LogP contribution >= 0.6 is 0 Å². The molecule has 9 heteroatoms. The molecule has 6 nitrogen and oxygen atoms in total. The molecule has 0 bridgehead atoms. The molecule has 2 aliphatic rings. The van der Waals surface area contributed by atoms with Crippen LogP contribution in [0.25, 0.3) is 0 Å². The van der Waals surface area contributed by atoms with Crippen LogP contribution in [0.3, 0.4) is 0 Å². The molecule has 3 rings (SSSR count). The number of carbonyl (C=O) groups is 1. The third kappa shape index (κ3) is 4.44. The Bertz CT molecular complexity index is 711. The fourth-order valence-electron chi connectivity index (χ4n) is 3.81. The Balaban J connectivity index is 1.53. The largest absolute Gasteiger partial charge is 0.406 e. The van der Waals surface area contributed by atoms with Crippen LogP contribution < -0.4 is 5.56 Å². The smallest absolute Gasteiger partial charge is 0.332 e. The summed E-state index contributed by atoms with van der Waals surface area (Å²) in [6, 6.07) is 2.74. The van der Waals surface area contributed by atoms with Crippen molar-refractivity contribution in [2.24, 2.45) is 5.92 Å². The van der Waals surface area contributed by atoms with Gasteiger partial charge in [-0.2, -0.15) is 18.3 Å². The number of piperidine rings is 1. The molecular weight excluding hydrogens is 349 g/mol. The van der Waals surface area contributed by atoms with Crippen molar-refractivity contribution in [1.82, 2.24) is 19.6 Å². The summed E-state index contributed by atoms with van der Waals surface area (Å²) < 4.78 is 39.1. The van der Waals surface area contributed by atoms with Crippen LogP contribution in [0.2, 0.25) is 0 Å². The minimum absolute atomic E-state index is 0.133. The monoisotopic (exact) mass is 372 g/mol. The molecule has 3 heterocycles. The Morgan fingerprint density at radius 1 is 1.12 bits per heavy atom. The summed E-state index contributed by atoms with van der Waals surface area (Å²) in [7, 11) is 0. The van der Waals surface area contributed by atoms with Crippen molar-refractivity contribution >= 4 is 5.91 Å². The van der Waals surface area contributed by atoms with Crippen LogP contribution in [0.1, 0.15) is 25.0 Å². The molecule has 0 radical (unpaired) electrons. The molecule has 1 amide bonds. The molecule has 1 unspecified atom stereocenters. The van der Waals surface area contributed by atoms with Gasteiger partial charge in [0, 0.05) is 19.2 Å². The number of carbonyl (C=O) groups excluding carboxylic acids is 1. The molecule has 0 aliphatic carbocycles. The third-order valence-electron chi connectivity index (χ3n) is 5.16. The van der Waals surface area contributed by atoms with Crippen LogP contribution in [0.4, 0.5) is 13.2 Å². The molecule has 2 aliphatic heterocycles. The first-order chi connectivity index (χ1) is 12.2. The van der Waals surface area contributed by atoms with Gasteiger partial charge in [0.2, 0.25) is 5.91 Å². The van der Waals surface area contributed by atoms with Gasteiger partial charge in [0.05, 0.1) is 11.7 Å². The second kappa shape index (κ2) is 7.38. The first-order valence-electron chi connectivity index (χ1n) is 8.87. The highest BCUT2D eigenvalue weighted by Crippen LogP contribution is 2.27. The number of aryl methyl sites for hydroxylation is 1. The number of likely N-dealkylation sites (tertiary alicyclic amines) is 2. The molecule has 0 spiro atoms. The highest BCUT2D eigenvalue weighted by molar-refractivity contribution is 5.84. The maximum Gasteiger partial charge on any atom is 0.406 e. The number of alkyl halides is 3. The summed E-state index contributed by atoms with van der Waals surface area (Å²) in [5.74, 6) is -0.140. The number of nitrogens with zero attached hydrogens (tertiary/aromatic N) is 4. The Morgan fingerprint density at radius 3 is 2.46 bits per heavy atom. The first-order valence-corrected chi connectivity index (χ1v) is 8.87. The molecule has 144 valence electrons. The number of aromatic nitrogens is 2. The maximum absolute atomic E-state index is 12.5. The number of hydrogen-bond acceptors (Lipinski definition) is 4. The van der Waals surface area contributed by atoms with Crippen LogP contribution in [-0.2, 0) is 11.3 Å². The van der Waals surface area contributed by atoms with Crippen LogP contribution in [0.5, 0.6) is 0 Å². The van der Waals surface area contributed by atoms with Crippen molar-refractivity contribution in [3.63, 3.8) is 0 Å². The van der Waals surface area contributed by atoms with Gasteiger partial charge in [-0.05, 0) is 51.3 Å². The van der Waals surface area contributed by atoms with Gasteiger partial charge in [0.25, 0.3) is 5.56 Å². The molecular formula is C17H23F3N4O2. The number of rotatable bonds is 4. The van der Waals surface area contributed by atoms with E-state index in [-0.39, 0.29) is 18.0 Å². The lowest BCUT2D eigenvalue weighted by atomic mass is 9.95. The van der Waals surface area contributed by atoms with Crippen LogP contribution in [-0.4, -0.2) is 63.9 Å². The van der Waals surface area contributed by atoms with Gasteiger partial charge >= 0.3 is 6.18 Å². The van der Waals surface area contributed by atoms with Gasteiger partial charge in [-0.1, -0.05) is 0 Å². The van der Waals surface area contributed by atoms with E-state index in [9.17, 15) is 22.8 Å². The number of hydrogen-bond donors (Lipinski definition) is 0. The van der Waals surface area contributed by atoms with Crippen LogP contribution in [0.15, 0.2) is 16.9 Å². The van der Waals surface area contributed by atoms with E-state index in [1.165, 1.54) is 10.7 Å². The van der Waals surface area contributed by atoms with E-state index < -0.39 is 24.7 Å². The van der Waals surface area contributed by atoms with Crippen molar-refractivity contribution in [2.45, 2.75) is 44.9 Å². The average Bonchev–Trinajstić information content (AvgIpc) is 2.91. The zero-order valence-corrected chi connectivity index (χ0v) is 14.7. The zero-order chi connectivity index (χ0) is 18.9. The third-order valence-corrected chi connectivity index (χ3v) is 5.16. The van der Waals surface area contributed by atoms with E-state index in [0.29, 0.717) is 26.1 Å². The van der Waals surface area contributed by atoms with E-state index >= 15 is 0 Å². The lowest BCUT2D eigenvalue weighted by Gasteiger charge is -2.35. The van der Waals surface area contributed by atoms with E-state index in [1.54, 1.807) is 6.07 Å². The maximum atomic E-state index is 12.5. The molecule has 0 aromatic carbocycles. The van der Waals surface area contributed by atoms with Crippen molar-refractivity contribution in [1.29, 1.82) is 0 Å². The fraction of sp³-hybridized carbons (Fsp3) is 0.706. The summed E-state index contributed by atoms with van der Waals surface area (Å²) in [6.45, 7) is 2.67. The highest BCUT2D eigenvalue weighted by atomic mass is 19.4. The molecule has 1 aromatic heterocycles. The van der Waals surface area contributed by atoms with E-state index in [2.05, 4.69) is 5.10 Å². The Kier molecular flexibility index (Phi) is 5.36. The quantitative estimate of drug-likeness (QED) is 0.802. The Labute approximate surface area is 149 Å². The first kappa shape index (κ1) is 18.9. The molecule has 2 fully saturated rings. The van der Waals surface area contributed by atoms with Crippen molar-refractivity contribution < 1.29 is 18.0 Å². The summed E-state index contributed by atoms with van der Waals surface area (Å²) in [5, 5.41) is 4.24. The van der Waals surface area contributed by atoms with Gasteiger partial charge < -0.3 is 4.90 Å². The fourth-order valence-corrected chi connectivity index (χ4v) is 3.81. The molecule has 0 N–H and O–H groups in total. The SMILES string of the molecule is Cc1ccc(=O)n(CC2CCN(C3CCN(CC(F)(F)F)C3=O)CC2)n1. The number of amides is 1. The molecule has 1 atom stereocenters. The van der Waals surface area contributed by atoms with Gasteiger partial charge in [-0.25, -0.2) is 4.68 Å².